The molecule has 0 saturated carbocycles. The van der Waals surface area contributed by atoms with E-state index in [1.54, 1.807) is 7.11 Å². The lowest BCUT2D eigenvalue weighted by Crippen LogP contribution is -2.51. The van der Waals surface area contributed by atoms with Crippen LogP contribution in [0, 0.1) is 0 Å². The van der Waals surface area contributed by atoms with Gasteiger partial charge in [-0.1, -0.05) is 19.1 Å². The first-order chi connectivity index (χ1) is 11.8. The zero-order valence-corrected chi connectivity index (χ0v) is 15.2. The maximum atomic E-state index is 5.46. The van der Waals surface area contributed by atoms with Crippen LogP contribution in [-0.4, -0.2) is 87.3 Å². The molecule has 1 aromatic rings. The van der Waals surface area contributed by atoms with Crippen LogP contribution in [0.1, 0.15) is 18.5 Å². The minimum atomic E-state index is 0.454. The highest BCUT2D eigenvalue weighted by atomic mass is 16.5. The quantitative estimate of drug-likeness (QED) is 0.848. The van der Waals surface area contributed by atoms with E-state index in [2.05, 4.69) is 45.1 Å². The summed E-state index contributed by atoms with van der Waals surface area (Å²) in [5.74, 6) is 0.962. The van der Waals surface area contributed by atoms with Gasteiger partial charge in [0.15, 0.2) is 0 Å². The average molecular weight is 332 g/mol. The Bertz CT molecular complexity index is 496. The van der Waals surface area contributed by atoms with Crippen molar-refractivity contribution in [1.29, 1.82) is 0 Å². The van der Waals surface area contributed by atoms with Crippen LogP contribution in [0.15, 0.2) is 24.3 Å². The second-order valence-corrected chi connectivity index (χ2v) is 6.81. The number of hydrogen-bond donors (Lipinski definition) is 1. The first kappa shape index (κ1) is 17.7. The Labute approximate surface area is 146 Å². The number of rotatable bonds is 6. The number of piperazine rings is 2. The van der Waals surface area contributed by atoms with E-state index in [1.807, 2.05) is 6.07 Å². The Morgan fingerprint density at radius 1 is 1.04 bits per heavy atom. The summed E-state index contributed by atoms with van der Waals surface area (Å²) in [5, 5.41) is 3.47. The van der Waals surface area contributed by atoms with Crippen LogP contribution in [0.25, 0.3) is 0 Å². The Balaban J connectivity index is 1.72. The van der Waals surface area contributed by atoms with Crippen molar-refractivity contribution < 1.29 is 4.74 Å². The van der Waals surface area contributed by atoms with Gasteiger partial charge in [0.2, 0.25) is 0 Å². The highest BCUT2D eigenvalue weighted by Crippen LogP contribution is 2.26. The molecule has 1 atom stereocenters. The third-order valence-corrected chi connectivity index (χ3v) is 5.41. The maximum Gasteiger partial charge on any atom is 0.119 e. The van der Waals surface area contributed by atoms with Gasteiger partial charge in [0.25, 0.3) is 0 Å². The van der Waals surface area contributed by atoms with Crippen LogP contribution in [-0.2, 0) is 0 Å². The summed E-state index contributed by atoms with van der Waals surface area (Å²) in [6.07, 6.45) is 0. The van der Waals surface area contributed by atoms with Crippen molar-refractivity contribution in [3.05, 3.63) is 29.8 Å². The fourth-order valence-electron chi connectivity index (χ4n) is 3.81. The third kappa shape index (κ3) is 4.48. The molecule has 0 spiro atoms. The fraction of sp³-hybridized carbons (Fsp3) is 0.684. The van der Waals surface area contributed by atoms with Crippen molar-refractivity contribution >= 4 is 0 Å². The molecule has 1 N–H and O–H groups in total. The molecule has 2 heterocycles. The number of nitrogens with zero attached hydrogens (tertiary/aromatic N) is 3. The van der Waals surface area contributed by atoms with Gasteiger partial charge in [0.1, 0.15) is 5.75 Å². The van der Waals surface area contributed by atoms with Crippen LogP contribution in [0.5, 0.6) is 5.75 Å². The molecule has 0 aliphatic carbocycles. The summed E-state index contributed by atoms with van der Waals surface area (Å²) in [6, 6.07) is 9.10. The summed E-state index contributed by atoms with van der Waals surface area (Å²) in [6.45, 7) is 13.7. The summed E-state index contributed by atoms with van der Waals surface area (Å²) in [7, 11) is 1.75. The average Bonchev–Trinajstić information content (AvgIpc) is 2.67. The van der Waals surface area contributed by atoms with E-state index in [9.17, 15) is 0 Å². The summed E-state index contributed by atoms with van der Waals surface area (Å²) in [5.41, 5.74) is 1.38. The van der Waals surface area contributed by atoms with Crippen LogP contribution in [0.2, 0.25) is 0 Å². The van der Waals surface area contributed by atoms with Gasteiger partial charge in [-0.05, 0) is 24.2 Å². The molecule has 2 saturated heterocycles. The number of benzene rings is 1. The molecule has 24 heavy (non-hydrogen) atoms. The molecule has 3 rings (SSSR count). The van der Waals surface area contributed by atoms with Crippen molar-refractivity contribution in [2.45, 2.75) is 13.0 Å². The SMILES string of the molecule is CCN1CCN(CC(c2cccc(OC)c2)N2CCNCC2)CC1. The molecule has 2 aliphatic rings. The Morgan fingerprint density at radius 3 is 2.42 bits per heavy atom. The predicted octanol–water partition coefficient (Wildman–Crippen LogP) is 1.28. The molecule has 2 aliphatic heterocycles. The molecule has 0 aromatic heterocycles. The lowest BCUT2D eigenvalue weighted by atomic mass is 10.0. The number of likely N-dealkylation sites (N-methyl/N-ethyl adjacent to an activating group) is 1. The Morgan fingerprint density at radius 2 is 1.75 bits per heavy atom. The molecule has 5 heteroatoms. The van der Waals surface area contributed by atoms with Gasteiger partial charge >= 0.3 is 0 Å². The van der Waals surface area contributed by atoms with Crippen LogP contribution in [0.3, 0.4) is 0 Å². The lowest BCUT2D eigenvalue weighted by molar-refractivity contribution is 0.0856. The van der Waals surface area contributed by atoms with Crippen LogP contribution in [0.4, 0.5) is 0 Å². The van der Waals surface area contributed by atoms with E-state index in [0.717, 1.165) is 38.5 Å². The predicted molar refractivity (Wildman–Crippen MR) is 98.7 cm³/mol. The van der Waals surface area contributed by atoms with Gasteiger partial charge in [0, 0.05) is 64.9 Å². The van der Waals surface area contributed by atoms with Crippen LogP contribution >= 0.6 is 0 Å². The minimum absolute atomic E-state index is 0.454. The molecule has 134 valence electrons. The van der Waals surface area contributed by atoms with E-state index in [0.29, 0.717) is 6.04 Å². The standard InChI is InChI=1S/C19H32N4O/c1-3-21-11-13-22(14-12-21)16-19(23-9-7-20-8-10-23)17-5-4-6-18(15-17)24-2/h4-6,15,19-20H,3,7-14,16H2,1-2H3. The van der Waals surface area contributed by atoms with Crippen molar-refractivity contribution in [2.24, 2.45) is 0 Å². The summed E-state index contributed by atoms with van der Waals surface area (Å²) < 4.78 is 5.46. The van der Waals surface area contributed by atoms with E-state index in [4.69, 9.17) is 4.74 Å². The molecular weight excluding hydrogens is 300 g/mol. The van der Waals surface area contributed by atoms with Gasteiger partial charge in [-0.3, -0.25) is 9.80 Å². The normalized spacial score (nSPS) is 22.4. The second-order valence-electron chi connectivity index (χ2n) is 6.81. The first-order valence-electron chi connectivity index (χ1n) is 9.33. The molecule has 0 bridgehead atoms. The molecule has 1 unspecified atom stereocenters. The number of ether oxygens (including phenoxy) is 1. The molecular formula is C19H32N4O. The van der Waals surface area contributed by atoms with Crippen molar-refractivity contribution in [3.63, 3.8) is 0 Å². The lowest BCUT2D eigenvalue weighted by Gasteiger charge is -2.41. The molecule has 5 nitrogen and oxygen atoms in total. The topological polar surface area (TPSA) is 31.0 Å². The summed E-state index contributed by atoms with van der Waals surface area (Å²) in [4.78, 5) is 7.82. The molecule has 0 radical (unpaired) electrons. The van der Waals surface area contributed by atoms with Gasteiger partial charge in [0.05, 0.1) is 7.11 Å². The van der Waals surface area contributed by atoms with Crippen molar-refractivity contribution in [3.8, 4) is 5.75 Å². The number of hydrogen-bond acceptors (Lipinski definition) is 5. The molecule has 0 amide bonds. The van der Waals surface area contributed by atoms with Gasteiger partial charge in [-0.15, -0.1) is 0 Å². The van der Waals surface area contributed by atoms with E-state index in [-0.39, 0.29) is 0 Å². The maximum absolute atomic E-state index is 5.46. The Kier molecular flexibility index (Phi) is 6.49. The monoisotopic (exact) mass is 332 g/mol. The Hall–Kier alpha value is -1.14. The number of nitrogens with one attached hydrogen (secondary N) is 1. The van der Waals surface area contributed by atoms with E-state index in [1.165, 1.54) is 38.3 Å². The molecule has 2 fully saturated rings. The van der Waals surface area contributed by atoms with E-state index >= 15 is 0 Å². The minimum Gasteiger partial charge on any atom is -0.497 e. The van der Waals surface area contributed by atoms with E-state index < -0.39 is 0 Å². The zero-order valence-electron chi connectivity index (χ0n) is 15.2. The highest BCUT2D eigenvalue weighted by Gasteiger charge is 2.26. The summed E-state index contributed by atoms with van der Waals surface area (Å²) >= 11 is 0. The third-order valence-electron chi connectivity index (χ3n) is 5.41. The molecule has 1 aromatic carbocycles. The van der Waals surface area contributed by atoms with Gasteiger partial charge < -0.3 is 15.0 Å². The van der Waals surface area contributed by atoms with Crippen molar-refractivity contribution in [2.75, 3.05) is 72.6 Å². The van der Waals surface area contributed by atoms with Gasteiger partial charge in [-0.25, -0.2) is 0 Å². The van der Waals surface area contributed by atoms with Gasteiger partial charge in [-0.2, -0.15) is 0 Å². The van der Waals surface area contributed by atoms with Crippen LogP contribution < -0.4 is 10.1 Å². The first-order valence-corrected chi connectivity index (χ1v) is 9.33. The largest absolute Gasteiger partial charge is 0.497 e. The second kappa shape index (κ2) is 8.81. The zero-order chi connectivity index (χ0) is 16.8. The smallest absolute Gasteiger partial charge is 0.119 e. The highest BCUT2D eigenvalue weighted by molar-refractivity contribution is 5.31. The number of methoxy groups -OCH3 is 1. The fourth-order valence-corrected chi connectivity index (χ4v) is 3.81. The van der Waals surface area contributed by atoms with Crippen molar-refractivity contribution in [1.82, 2.24) is 20.0 Å².